The van der Waals surface area contributed by atoms with Crippen molar-refractivity contribution in [2.75, 3.05) is 0 Å². The van der Waals surface area contributed by atoms with E-state index in [0.717, 1.165) is 22.1 Å². The third-order valence-electron chi connectivity index (χ3n) is 3.08. The molecule has 0 aliphatic rings. The lowest BCUT2D eigenvalue weighted by molar-refractivity contribution is 1.30. The molecule has 0 unspecified atom stereocenters. The van der Waals surface area contributed by atoms with Crippen LogP contribution in [-0.4, -0.2) is 15.0 Å². The summed E-state index contributed by atoms with van der Waals surface area (Å²) in [5.41, 5.74) is 4.03. The lowest BCUT2D eigenvalue weighted by Crippen LogP contribution is -1.81. The van der Waals surface area contributed by atoms with Crippen LogP contribution >= 0.6 is 0 Å². The number of para-hydroxylation sites is 1. The zero-order chi connectivity index (χ0) is 11.2. The van der Waals surface area contributed by atoms with Gasteiger partial charge in [-0.25, -0.2) is 4.98 Å². The summed E-state index contributed by atoms with van der Waals surface area (Å²) in [6, 6.07) is 12.3. The van der Waals surface area contributed by atoms with Crippen molar-refractivity contribution in [1.29, 1.82) is 0 Å². The average Bonchev–Trinajstić information content (AvgIpc) is 2.73. The molecule has 0 saturated carbocycles. The first-order valence-electron chi connectivity index (χ1n) is 5.53. The fraction of sp³-hybridized carbons (Fsp3) is 0. The fourth-order valence-corrected chi connectivity index (χ4v) is 2.28. The highest BCUT2D eigenvalue weighted by Crippen LogP contribution is 2.27. The van der Waals surface area contributed by atoms with Gasteiger partial charge < -0.3 is 4.98 Å². The zero-order valence-electron chi connectivity index (χ0n) is 9.01. The Morgan fingerprint density at radius 2 is 1.82 bits per heavy atom. The summed E-state index contributed by atoms with van der Waals surface area (Å²) in [4.78, 5) is 12.1. The van der Waals surface area contributed by atoms with E-state index in [0.29, 0.717) is 0 Å². The molecule has 0 bridgehead atoms. The maximum absolute atomic E-state index is 4.61. The zero-order valence-corrected chi connectivity index (χ0v) is 9.01. The first kappa shape index (κ1) is 8.70. The van der Waals surface area contributed by atoms with E-state index in [9.17, 15) is 0 Å². The number of benzene rings is 2. The van der Waals surface area contributed by atoms with Gasteiger partial charge in [0.1, 0.15) is 0 Å². The molecule has 17 heavy (non-hydrogen) atoms. The minimum atomic E-state index is 0.947. The molecule has 2 aromatic carbocycles. The molecule has 80 valence electrons. The summed E-state index contributed by atoms with van der Waals surface area (Å²) in [6.45, 7) is 0. The Labute approximate surface area is 97.1 Å². The monoisotopic (exact) mass is 219 g/mol. The number of nitrogens with one attached hydrogen (secondary N) is 1. The first-order valence-corrected chi connectivity index (χ1v) is 5.53. The van der Waals surface area contributed by atoms with Crippen LogP contribution < -0.4 is 0 Å². The van der Waals surface area contributed by atoms with Gasteiger partial charge in [0.25, 0.3) is 0 Å². The van der Waals surface area contributed by atoms with Crippen molar-refractivity contribution in [2.24, 2.45) is 0 Å². The van der Waals surface area contributed by atoms with E-state index in [4.69, 9.17) is 0 Å². The van der Waals surface area contributed by atoms with Crippen LogP contribution in [0.1, 0.15) is 0 Å². The van der Waals surface area contributed by atoms with Gasteiger partial charge in [0.15, 0.2) is 0 Å². The third-order valence-corrected chi connectivity index (χ3v) is 3.08. The second-order valence-electron chi connectivity index (χ2n) is 4.10. The van der Waals surface area contributed by atoms with Crippen molar-refractivity contribution in [2.45, 2.75) is 0 Å². The van der Waals surface area contributed by atoms with Gasteiger partial charge in [-0.2, -0.15) is 0 Å². The maximum atomic E-state index is 4.61. The molecule has 3 heteroatoms. The van der Waals surface area contributed by atoms with Gasteiger partial charge in [0.2, 0.25) is 0 Å². The summed E-state index contributed by atoms with van der Waals surface area (Å²) >= 11 is 0. The molecule has 0 fully saturated rings. The quantitative estimate of drug-likeness (QED) is 0.493. The fourth-order valence-electron chi connectivity index (χ4n) is 2.28. The highest BCUT2D eigenvalue weighted by molar-refractivity contribution is 6.10. The Bertz CT molecular complexity index is 840. The van der Waals surface area contributed by atoms with E-state index in [1.54, 1.807) is 6.20 Å². The highest BCUT2D eigenvalue weighted by atomic mass is 14.8. The van der Waals surface area contributed by atoms with Gasteiger partial charge in [-0.15, -0.1) is 0 Å². The van der Waals surface area contributed by atoms with Crippen molar-refractivity contribution < 1.29 is 0 Å². The smallest absolute Gasteiger partial charge is 0.0886 e. The van der Waals surface area contributed by atoms with Gasteiger partial charge >= 0.3 is 0 Å². The van der Waals surface area contributed by atoms with Crippen LogP contribution in [0.4, 0.5) is 0 Å². The van der Waals surface area contributed by atoms with Crippen LogP contribution in [0.3, 0.4) is 0 Å². The normalized spacial score (nSPS) is 11.5. The van der Waals surface area contributed by atoms with Crippen LogP contribution in [0.25, 0.3) is 32.8 Å². The number of hydrogen-bond acceptors (Lipinski definition) is 2. The van der Waals surface area contributed by atoms with E-state index in [1.807, 2.05) is 30.5 Å². The van der Waals surface area contributed by atoms with E-state index >= 15 is 0 Å². The van der Waals surface area contributed by atoms with Crippen molar-refractivity contribution in [3.63, 3.8) is 0 Å². The van der Waals surface area contributed by atoms with Gasteiger partial charge in [-0.3, -0.25) is 4.98 Å². The summed E-state index contributed by atoms with van der Waals surface area (Å²) < 4.78 is 0. The summed E-state index contributed by atoms with van der Waals surface area (Å²) in [6.07, 6.45) is 3.60. The van der Waals surface area contributed by atoms with Crippen molar-refractivity contribution in [1.82, 2.24) is 15.0 Å². The molecule has 0 saturated heterocycles. The average molecular weight is 219 g/mol. The number of nitrogens with zero attached hydrogens (tertiary/aromatic N) is 2. The Morgan fingerprint density at radius 3 is 2.82 bits per heavy atom. The molecule has 0 atom stereocenters. The number of H-pyrrole nitrogens is 1. The molecule has 2 aromatic heterocycles. The number of aromatic nitrogens is 3. The van der Waals surface area contributed by atoms with Crippen LogP contribution in [-0.2, 0) is 0 Å². The van der Waals surface area contributed by atoms with Crippen LogP contribution in [0.2, 0.25) is 0 Å². The minimum Gasteiger partial charge on any atom is -0.358 e. The van der Waals surface area contributed by atoms with Crippen LogP contribution in [0.5, 0.6) is 0 Å². The predicted molar refractivity (Wildman–Crippen MR) is 68.9 cm³/mol. The topological polar surface area (TPSA) is 41.6 Å². The Hall–Kier alpha value is -2.42. The molecule has 0 amide bonds. The number of rotatable bonds is 0. The molecular formula is C14H9N3. The molecule has 0 radical (unpaired) electrons. The molecule has 1 N–H and O–H groups in total. The van der Waals surface area contributed by atoms with Crippen LogP contribution in [0.15, 0.2) is 48.8 Å². The van der Waals surface area contributed by atoms with Crippen LogP contribution in [0, 0.1) is 0 Å². The Balaban J connectivity index is 2.28. The molecule has 0 aliphatic heterocycles. The van der Waals surface area contributed by atoms with Gasteiger partial charge in [0.05, 0.1) is 22.1 Å². The van der Waals surface area contributed by atoms with Crippen molar-refractivity contribution in [3.8, 4) is 0 Å². The van der Waals surface area contributed by atoms with E-state index < -0.39 is 0 Å². The predicted octanol–water partition coefficient (Wildman–Crippen LogP) is 3.26. The summed E-state index contributed by atoms with van der Waals surface area (Å²) in [5.74, 6) is 0. The summed E-state index contributed by atoms with van der Waals surface area (Å²) in [5, 5.41) is 2.37. The largest absolute Gasteiger partial charge is 0.358 e. The third kappa shape index (κ3) is 1.16. The molecule has 0 aliphatic carbocycles. The van der Waals surface area contributed by atoms with E-state index in [-0.39, 0.29) is 0 Å². The van der Waals surface area contributed by atoms with Crippen molar-refractivity contribution in [3.05, 3.63) is 48.8 Å². The lowest BCUT2D eigenvalue weighted by Gasteiger charge is -1.97. The molecule has 2 heterocycles. The Morgan fingerprint density at radius 1 is 0.882 bits per heavy atom. The minimum absolute atomic E-state index is 0.947. The highest BCUT2D eigenvalue weighted by Gasteiger charge is 2.06. The molecule has 3 nitrogen and oxygen atoms in total. The van der Waals surface area contributed by atoms with E-state index in [2.05, 4.69) is 27.1 Å². The number of fused-ring (bicyclic) bond motifs is 4. The Kier molecular flexibility index (Phi) is 1.56. The first-order chi connectivity index (χ1) is 8.42. The number of hydrogen-bond donors (Lipinski definition) is 1. The lowest BCUT2D eigenvalue weighted by atomic mass is 10.1. The van der Waals surface area contributed by atoms with Crippen molar-refractivity contribution >= 4 is 32.8 Å². The second-order valence-corrected chi connectivity index (χ2v) is 4.10. The standard InChI is InChI=1S/C14H9N3/c1-2-4-11-9(3-1)10-7-13-14(8-12(10)17-11)16-6-5-15-13/h1-8,15H. The molecule has 4 rings (SSSR count). The summed E-state index contributed by atoms with van der Waals surface area (Å²) in [7, 11) is 0. The molecular weight excluding hydrogens is 210 g/mol. The second kappa shape index (κ2) is 3.04. The number of aromatic amines is 1. The molecule has 4 aromatic rings. The van der Waals surface area contributed by atoms with Gasteiger partial charge in [-0.05, 0) is 18.2 Å². The SMILES string of the molecule is c1ccc2c(c1)nc1cc3ncc[nH]c3cc12. The molecule has 0 spiro atoms. The van der Waals surface area contributed by atoms with Gasteiger partial charge in [0, 0.05) is 23.2 Å². The van der Waals surface area contributed by atoms with Gasteiger partial charge in [-0.1, -0.05) is 18.2 Å². The maximum Gasteiger partial charge on any atom is 0.0886 e. The van der Waals surface area contributed by atoms with E-state index in [1.165, 1.54) is 10.8 Å².